The lowest BCUT2D eigenvalue weighted by Crippen LogP contribution is -2.40. The number of nitrogens with zero attached hydrogens (tertiary/aromatic N) is 1. The van der Waals surface area contributed by atoms with E-state index in [1.165, 1.54) is 0 Å². The second-order valence-electron chi connectivity index (χ2n) is 6.76. The van der Waals surface area contributed by atoms with Crippen molar-refractivity contribution in [3.05, 3.63) is 53.1 Å². The molecule has 1 unspecified atom stereocenters. The van der Waals surface area contributed by atoms with Crippen LogP contribution in [-0.2, 0) is 11.3 Å². The number of benzene rings is 2. The van der Waals surface area contributed by atoms with Gasteiger partial charge < -0.3 is 14.8 Å². The van der Waals surface area contributed by atoms with E-state index in [9.17, 15) is 4.79 Å². The number of halogens is 1. The Kier molecular flexibility index (Phi) is 6.58. The van der Waals surface area contributed by atoms with Gasteiger partial charge in [-0.1, -0.05) is 23.7 Å². The summed E-state index contributed by atoms with van der Waals surface area (Å²) in [6, 6.07) is 13.3. The minimum atomic E-state index is -0.0613. The summed E-state index contributed by atoms with van der Waals surface area (Å²) in [5, 5.41) is 3.75. The Bertz CT molecular complexity index is 797. The maximum absolute atomic E-state index is 12.8. The van der Waals surface area contributed by atoms with E-state index in [1.807, 2.05) is 24.3 Å². The lowest BCUT2D eigenvalue weighted by Gasteiger charge is -2.32. The molecule has 2 aromatic carbocycles. The molecule has 1 amide bonds. The fourth-order valence-electron chi connectivity index (χ4n) is 3.45. The number of amides is 1. The van der Waals surface area contributed by atoms with Crippen molar-refractivity contribution in [2.75, 3.05) is 32.6 Å². The molecule has 0 aromatic heterocycles. The van der Waals surface area contributed by atoms with Crippen LogP contribution in [0.4, 0.5) is 5.69 Å². The summed E-state index contributed by atoms with van der Waals surface area (Å²) in [5.41, 5.74) is 1.80. The van der Waals surface area contributed by atoms with E-state index in [0.717, 1.165) is 43.1 Å². The SMILES string of the molecule is COc1ccc(OC)c(NC(=O)C2CCCN(Cc3cccc(Cl)c3)C2)c1. The molecule has 1 aliphatic heterocycles. The zero-order valence-electron chi connectivity index (χ0n) is 15.7. The molecule has 5 nitrogen and oxygen atoms in total. The lowest BCUT2D eigenvalue weighted by atomic mass is 9.96. The molecule has 1 saturated heterocycles. The first-order valence-electron chi connectivity index (χ1n) is 9.08. The van der Waals surface area contributed by atoms with Crippen molar-refractivity contribution < 1.29 is 14.3 Å². The summed E-state index contributed by atoms with van der Waals surface area (Å²) in [6.45, 7) is 2.51. The maximum Gasteiger partial charge on any atom is 0.228 e. The highest BCUT2D eigenvalue weighted by Gasteiger charge is 2.26. The number of ether oxygens (including phenoxy) is 2. The molecule has 0 saturated carbocycles. The third-order valence-electron chi connectivity index (χ3n) is 4.84. The van der Waals surface area contributed by atoms with Gasteiger partial charge in [0.05, 0.1) is 25.8 Å². The van der Waals surface area contributed by atoms with Gasteiger partial charge in [0.25, 0.3) is 0 Å². The molecule has 0 aliphatic carbocycles. The Hall–Kier alpha value is -2.24. The molecule has 6 heteroatoms. The Morgan fingerprint density at radius 1 is 1.22 bits per heavy atom. The molecule has 0 bridgehead atoms. The standard InChI is InChI=1S/C21H25ClN2O3/c1-26-18-8-9-20(27-2)19(12-18)23-21(25)16-6-4-10-24(14-16)13-15-5-3-7-17(22)11-15/h3,5,7-9,11-12,16H,4,6,10,13-14H2,1-2H3,(H,23,25). The van der Waals surface area contributed by atoms with Gasteiger partial charge in [-0.15, -0.1) is 0 Å². The van der Waals surface area contributed by atoms with Crippen molar-refractivity contribution in [2.24, 2.45) is 5.92 Å². The number of likely N-dealkylation sites (tertiary alicyclic amines) is 1. The second kappa shape index (κ2) is 9.11. The number of anilines is 1. The first-order valence-corrected chi connectivity index (χ1v) is 9.46. The molecule has 1 atom stereocenters. The molecule has 0 spiro atoms. The summed E-state index contributed by atoms with van der Waals surface area (Å²) in [7, 11) is 3.19. The van der Waals surface area contributed by atoms with Gasteiger partial charge in [-0.05, 0) is 49.2 Å². The minimum absolute atomic E-state index is 0.0114. The highest BCUT2D eigenvalue weighted by molar-refractivity contribution is 6.30. The number of hydrogen-bond acceptors (Lipinski definition) is 4. The van der Waals surface area contributed by atoms with Gasteiger partial charge in [-0.3, -0.25) is 9.69 Å². The molecule has 1 fully saturated rings. The molecule has 0 radical (unpaired) electrons. The van der Waals surface area contributed by atoms with Gasteiger partial charge in [0.1, 0.15) is 11.5 Å². The largest absolute Gasteiger partial charge is 0.497 e. The van der Waals surface area contributed by atoms with Crippen molar-refractivity contribution >= 4 is 23.2 Å². The van der Waals surface area contributed by atoms with E-state index < -0.39 is 0 Å². The molecule has 3 rings (SSSR count). The minimum Gasteiger partial charge on any atom is -0.497 e. The first-order chi connectivity index (χ1) is 13.1. The monoisotopic (exact) mass is 388 g/mol. The van der Waals surface area contributed by atoms with Crippen LogP contribution in [0.3, 0.4) is 0 Å². The number of piperidine rings is 1. The summed E-state index contributed by atoms with van der Waals surface area (Å²) >= 11 is 6.08. The number of nitrogens with one attached hydrogen (secondary N) is 1. The van der Waals surface area contributed by atoms with Crippen molar-refractivity contribution in [3.63, 3.8) is 0 Å². The highest BCUT2D eigenvalue weighted by Crippen LogP contribution is 2.30. The number of carbonyl (C=O) groups is 1. The van der Waals surface area contributed by atoms with Crippen molar-refractivity contribution in [1.82, 2.24) is 4.90 Å². The quantitative estimate of drug-likeness (QED) is 0.805. The van der Waals surface area contributed by atoms with Crippen LogP contribution >= 0.6 is 11.6 Å². The van der Waals surface area contributed by atoms with Crippen LogP contribution in [0.1, 0.15) is 18.4 Å². The lowest BCUT2D eigenvalue weighted by molar-refractivity contribution is -0.121. The predicted molar refractivity (Wildman–Crippen MR) is 108 cm³/mol. The average molecular weight is 389 g/mol. The van der Waals surface area contributed by atoms with Crippen molar-refractivity contribution in [2.45, 2.75) is 19.4 Å². The van der Waals surface area contributed by atoms with Crippen LogP contribution in [0, 0.1) is 5.92 Å². The smallest absolute Gasteiger partial charge is 0.228 e. The summed E-state index contributed by atoms with van der Waals surface area (Å²) in [6.07, 6.45) is 1.87. The third-order valence-corrected chi connectivity index (χ3v) is 5.07. The maximum atomic E-state index is 12.8. The zero-order chi connectivity index (χ0) is 19.2. The molecule has 1 aliphatic rings. The van der Waals surface area contributed by atoms with E-state index in [-0.39, 0.29) is 11.8 Å². The highest BCUT2D eigenvalue weighted by atomic mass is 35.5. The fourth-order valence-corrected chi connectivity index (χ4v) is 3.67. The van der Waals surface area contributed by atoms with E-state index in [0.29, 0.717) is 17.2 Å². The van der Waals surface area contributed by atoms with Crippen LogP contribution in [0.2, 0.25) is 5.02 Å². The Balaban J connectivity index is 1.65. The van der Waals surface area contributed by atoms with Gasteiger partial charge in [0, 0.05) is 24.2 Å². The molecule has 144 valence electrons. The first kappa shape index (κ1) is 19.5. The van der Waals surface area contributed by atoms with Gasteiger partial charge in [0.15, 0.2) is 0 Å². The van der Waals surface area contributed by atoms with Crippen LogP contribution in [0.25, 0.3) is 0 Å². The van der Waals surface area contributed by atoms with E-state index >= 15 is 0 Å². The Morgan fingerprint density at radius 3 is 2.81 bits per heavy atom. The van der Waals surface area contributed by atoms with Gasteiger partial charge in [-0.25, -0.2) is 0 Å². The number of rotatable bonds is 6. The predicted octanol–water partition coefficient (Wildman–Crippen LogP) is 4.21. The Morgan fingerprint density at radius 2 is 2.07 bits per heavy atom. The van der Waals surface area contributed by atoms with Crippen molar-refractivity contribution in [3.8, 4) is 11.5 Å². The zero-order valence-corrected chi connectivity index (χ0v) is 16.5. The van der Waals surface area contributed by atoms with Crippen molar-refractivity contribution in [1.29, 1.82) is 0 Å². The molecule has 1 N–H and O–H groups in total. The van der Waals surface area contributed by atoms with Crippen LogP contribution in [-0.4, -0.2) is 38.1 Å². The molecule has 27 heavy (non-hydrogen) atoms. The normalized spacial score (nSPS) is 17.4. The van der Waals surface area contributed by atoms with Gasteiger partial charge >= 0.3 is 0 Å². The summed E-state index contributed by atoms with van der Waals surface area (Å²) in [5.74, 6) is 1.25. The number of hydrogen-bond donors (Lipinski definition) is 1. The number of carbonyl (C=O) groups excluding carboxylic acids is 1. The fraction of sp³-hybridized carbons (Fsp3) is 0.381. The van der Waals surface area contributed by atoms with Crippen LogP contribution in [0.5, 0.6) is 11.5 Å². The number of methoxy groups -OCH3 is 2. The average Bonchev–Trinajstić information content (AvgIpc) is 2.68. The molecule has 2 aromatic rings. The van der Waals surface area contributed by atoms with E-state index in [4.69, 9.17) is 21.1 Å². The third kappa shape index (κ3) is 5.15. The summed E-state index contributed by atoms with van der Waals surface area (Å²) in [4.78, 5) is 15.1. The topological polar surface area (TPSA) is 50.8 Å². The van der Waals surface area contributed by atoms with E-state index in [1.54, 1.807) is 26.4 Å². The van der Waals surface area contributed by atoms with Gasteiger partial charge in [-0.2, -0.15) is 0 Å². The Labute approximate surface area is 165 Å². The second-order valence-corrected chi connectivity index (χ2v) is 7.20. The van der Waals surface area contributed by atoms with E-state index in [2.05, 4.69) is 16.3 Å². The summed E-state index contributed by atoms with van der Waals surface area (Å²) < 4.78 is 10.6. The van der Waals surface area contributed by atoms with Gasteiger partial charge in [0.2, 0.25) is 5.91 Å². The molecular weight excluding hydrogens is 364 g/mol. The van der Waals surface area contributed by atoms with Crippen LogP contribution in [0.15, 0.2) is 42.5 Å². The van der Waals surface area contributed by atoms with Crippen LogP contribution < -0.4 is 14.8 Å². The molecule has 1 heterocycles. The molecular formula is C21H25ClN2O3.